The van der Waals surface area contributed by atoms with Gasteiger partial charge in [0, 0.05) is 13.1 Å². The highest BCUT2D eigenvalue weighted by Crippen LogP contribution is 2.26. The zero-order valence-electron chi connectivity index (χ0n) is 17.3. The number of carbonyl (C=O) groups excluding carboxylic acids is 1. The van der Waals surface area contributed by atoms with Gasteiger partial charge in [-0.3, -0.25) is 9.10 Å². The Labute approximate surface area is 174 Å². The monoisotopic (exact) mass is 414 g/mol. The van der Waals surface area contributed by atoms with E-state index in [1.54, 1.807) is 54.4 Å². The Morgan fingerprint density at radius 2 is 1.59 bits per heavy atom. The molecule has 0 heterocycles. The molecule has 0 radical (unpaired) electrons. The highest BCUT2D eigenvalue weighted by molar-refractivity contribution is 7.92. The van der Waals surface area contributed by atoms with Gasteiger partial charge in [0.05, 0.1) is 10.6 Å². The van der Waals surface area contributed by atoms with E-state index in [2.05, 4.69) is 6.92 Å². The molecule has 0 N–H and O–H groups in total. The average Bonchev–Trinajstić information content (AvgIpc) is 2.78. The van der Waals surface area contributed by atoms with E-state index in [4.69, 9.17) is 0 Å². The summed E-state index contributed by atoms with van der Waals surface area (Å²) in [6.45, 7) is 1.85. The van der Waals surface area contributed by atoms with Crippen molar-refractivity contribution in [3.63, 3.8) is 0 Å². The number of aryl methyl sites for hydroxylation is 1. The van der Waals surface area contributed by atoms with Crippen LogP contribution in [0.5, 0.6) is 0 Å². The van der Waals surface area contributed by atoms with E-state index in [-0.39, 0.29) is 23.4 Å². The minimum atomic E-state index is -3.85. The Kier molecular flexibility index (Phi) is 6.96. The highest BCUT2D eigenvalue weighted by Gasteiger charge is 2.30. The third-order valence-corrected chi connectivity index (χ3v) is 7.55. The summed E-state index contributed by atoms with van der Waals surface area (Å²) in [7, 11) is -2.05. The van der Waals surface area contributed by atoms with Crippen LogP contribution >= 0.6 is 0 Å². The van der Waals surface area contributed by atoms with Crippen LogP contribution in [0.4, 0.5) is 5.69 Å². The van der Waals surface area contributed by atoms with E-state index in [9.17, 15) is 13.2 Å². The SMILES string of the molecule is CCc1ccc(N(CC(=O)N(C)C2CCCCC2)S(=O)(=O)c2ccccc2)cc1. The van der Waals surface area contributed by atoms with Crippen LogP contribution in [0, 0.1) is 0 Å². The average molecular weight is 415 g/mol. The summed E-state index contributed by atoms with van der Waals surface area (Å²) in [5.74, 6) is -0.170. The molecule has 29 heavy (non-hydrogen) atoms. The first kappa shape index (κ1) is 21.4. The van der Waals surface area contributed by atoms with Crippen molar-refractivity contribution in [1.82, 2.24) is 4.90 Å². The number of carbonyl (C=O) groups is 1. The number of rotatable bonds is 7. The summed E-state index contributed by atoms with van der Waals surface area (Å²) in [5, 5.41) is 0. The normalized spacial score (nSPS) is 15.1. The van der Waals surface area contributed by atoms with Crippen molar-refractivity contribution in [3.05, 3.63) is 60.2 Å². The summed E-state index contributed by atoms with van der Waals surface area (Å²) in [6, 6.07) is 15.9. The summed E-state index contributed by atoms with van der Waals surface area (Å²) in [5.41, 5.74) is 1.63. The lowest BCUT2D eigenvalue weighted by Gasteiger charge is -2.33. The van der Waals surface area contributed by atoms with Crippen molar-refractivity contribution in [2.45, 2.75) is 56.4 Å². The van der Waals surface area contributed by atoms with Gasteiger partial charge in [-0.25, -0.2) is 8.42 Å². The van der Waals surface area contributed by atoms with Crippen molar-refractivity contribution in [2.24, 2.45) is 0 Å². The number of anilines is 1. The quantitative estimate of drug-likeness (QED) is 0.681. The van der Waals surface area contributed by atoms with Gasteiger partial charge >= 0.3 is 0 Å². The molecule has 5 nitrogen and oxygen atoms in total. The van der Waals surface area contributed by atoms with Crippen LogP contribution in [0.1, 0.15) is 44.6 Å². The van der Waals surface area contributed by atoms with E-state index < -0.39 is 10.0 Å². The van der Waals surface area contributed by atoms with Crippen molar-refractivity contribution in [3.8, 4) is 0 Å². The zero-order valence-corrected chi connectivity index (χ0v) is 18.1. The lowest BCUT2D eigenvalue weighted by atomic mass is 9.94. The van der Waals surface area contributed by atoms with Gasteiger partial charge in [-0.05, 0) is 49.1 Å². The third-order valence-electron chi connectivity index (χ3n) is 5.76. The zero-order chi connectivity index (χ0) is 20.9. The van der Waals surface area contributed by atoms with E-state index in [1.807, 2.05) is 12.1 Å². The van der Waals surface area contributed by atoms with Crippen LogP contribution in [-0.2, 0) is 21.2 Å². The topological polar surface area (TPSA) is 57.7 Å². The number of amides is 1. The molecule has 2 aromatic carbocycles. The predicted octanol–water partition coefficient (Wildman–Crippen LogP) is 4.24. The lowest BCUT2D eigenvalue weighted by molar-refractivity contribution is -0.130. The highest BCUT2D eigenvalue weighted by atomic mass is 32.2. The molecule has 6 heteroatoms. The van der Waals surface area contributed by atoms with Crippen LogP contribution in [0.15, 0.2) is 59.5 Å². The van der Waals surface area contributed by atoms with Crippen molar-refractivity contribution in [2.75, 3.05) is 17.9 Å². The van der Waals surface area contributed by atoms with Gasteiger partial charge in [0.15, 0.2) is 0 Å². The van der Waals surface area contributed by atoms with E-state index in [0.29, 0.717) is 5.69 Å². The van der Waals surface area contributed by atoms with Crippen LogP contribution in [0.25, 0.3) is 0 Å². The molecule has 0 unspecified atom stereocenters. The molecule has 0 bridgehead atoms. The smallest absolute Gasteiger partial charge is 0.264 e. The Balaban J connectivity index is 1.91. The summed E-state index contributed by atoms with van der Waals surface area (Å²) >= 11 is 0. The van der Waals surface area contributed by atoms with Gasteiger partial charge < -0.3 is 4.90 Å². The molecule has 1 aliphatic rings. The van der Waals surface area contributed by atoms with Gasteiger partial charge in [0.2, 0.25) is 5.91 Å². The molecule has 3 rings (SSSR count). The molecule has 156 valence electrons. The minimum Gasteiger partial charge on any atom is -0.341 e. The second-order valence-electron chi connectivity index (χ2n) is 7.64. The Morgan fingerprint density at radius 1 is 0.966 bits per heavy atom. The first-order chi connectivity index (χ1) is 13.9. The molecule has 1 saturated carbocycles. The maximum Gasteiger partial charge on any atom is 0.264 e. The molecule has 0 atom stereocenters. The summed E-state index contributed by atoms with van der Waals surface area (Å²) < 4.78 is 28.0. The van der Waals surface area contributed by atoms with Gasteiger partial charge in [0.1, 0.15) is 6.54 Å². The first-order valence-corrected chi connectivity index (χ1v) is 11.8. The van der Waals surface area contributed by atoms with Gasteiger partial charge in [0.25, 0.3) is 10.0 Å². The van der Waals surface area contributed by atoms with Gasteiger partial charge in [-0.2, -0.15) is 0 Å². The van der Waals surface area contributed by atoms with Crippen LogP contribution in [0.3, 0.4) is 0 Å². The summed E-state index contributed by atoms with van der Waals surface area (Å²) in [4.78, 5) is 15.0. The fourth-order valence-corrected chi connectivity index (χ4v) is 5.27. The first-order valence-electron chi connectivity index (χ1n) is 10.4. The predicted molar refractivity (Wildman–Crippen MR) is 116 cm³/mol. The fraction of sp³-hybridized carbons (Fsp3) is 0.435. The summed E-state index contributed by atoms with van der Waals surface area (Å²) in [6.07, 6.45) is 6.28. The molecular weight excluding hydrogens is 384 g/mol. The second kappa shape index (κ2) is 9.44. The molecule has 0 aliphatic heterocycles. The van der Waals surface area contributed by atoms with Gasteiger partial charge in [-0.1, -0.05) is 56.5 Å². The lowest BCUT2D eigenvalue weighted by Crippen LogP contribution is -2.45. The third kappa shape index (κ3) is 4.99. The van der Waals surface area contributed by atoms with Crippen molar-refractivity contribution in [1.29, 1.82) is 0 Å². The Hall–Kier alpha value is -2.34. The largest absolute Gasteiger partial charge is 0.341 e. The number of nitrogens with zero attached hydrogens (tertiary/aromatic N) is 2. The van der Waals surface area contributed by atoms with E-state index >= 15 is 0 Å². The van der Waals surface area contributed by atoms with E-state index in [0.717, 1.165) is 37.7 Å². The van der Waals surface area contributed by atoms with Crippen molar-refractivity contribution >= 4 is 21.6 Å². The number of likely N-dealkylation sites (N-methyl/N-ethyl adjacent to an activating group) is 1. The van der Waals surface area contributed by atoms with Crippen LogP contribution < -0.4 is 4.31 Å². The van der Waals surface area contributed by atoms with Crippen molar-refractivity contribution < 1.29 is 13.2 Å². The van der Waals surface area contributed by atoms with Crippen LogP contribution in [-0.4, -0.2) is 38.9 Å². The van der Waals surface area contributed by atoms with Crippen LogP contribution in [0.2, 0.25) is 0 Å². The maximum atomic E-state index is 13.4. The number of hydrogen-bond donors (Lipinski definition) is 0. The maximum absolute atomic E-state index is 13.4. The molecule has 0 spiro atoms. The molecule has 0 saturated heterocycles. The standard InChI is InChI=1S/C23H30N2O3S/c1-3-19-14-16-21(17-15-19)25(29(27,28)22-12-8-5-9-13-22)18-23(26)24(2)20-10-6-4-7-11-20/h5,8-9,12-17,20H,3-4,6-7,10-11,18H2,1-2H3. The molecule has 0 aromatic heterocycles. The number of benzene rings is 2. The van der Waals surface area contributed by atoms with Gasteiger partial charge in [-0.15, -0.1) is 0 Å². The molecular formula is C23H30N2O3S. The molecule has 1 fully saturated rings. The number of sulfonamides is 1. The molecule has 1 aliphatic carbocycles. The molecule has 2 aromatic rings. The Morgan fingerprint density at radius 3 is 2.17 bits per heavy atom. The number of hydrogen-bond acceptors (Lipinski definition) is 3. The minimum absolute atomic E-state index is 0.170. The molecule has 1 amide bonds. The Bertz CT molecular complexity index is 905. The fourth-order valence-electron chi connectivity index (χ4n) is 3.84. The van der Waals surface area contributed by atoms with E-state index in [1.165, 1.54) is 10.7 Å². The second-order valence-corrected chi connectivity index (χ2v) is 9.50.